The molecule has 0 fully saturated rings. The van der Waals surface area contributed by atoms with Gasteiger partial charge in [0.2, 0.25) is 0 Å². The molecule has 0 bridgehead atoms. The second-order valence-electron chi connectivity index (χ2n) is 8.53. The van der Waals surface area contributed by atoms with Crippen LogP contribution in [-0.4, -0.2) is 30.4 Å². The van der Waals surface area contributed by atoms with Crippen LogP contribution in [0.2, 0.25) is 0 Å². The van der Waals surface area contributed by atoms with Gasteiger partial charge in [-0.05, 0) is 54.5 Å². The van der Waals surface area contributed by atoms with Gasteiger partial charge in [0.05, 0.1) is 0 Å². The number of nitrogens with one attached hydrogen (secondary N) is 3. The molecule has 7 nitrogen and oxygen atoms in total. The molecular formula is C25H33N3O4. The first kappa shape index (κ1) is 24.9. The minimum Gasteiger partial charge on any atom is -0.483 e. The van der Waals surface area contributed by atoms with Crippen LogP contribution in [0, 0.1) is 19.8 Å². The molecule has 2 rings (SSSR count). The molecule has 0 spiro atoms. The fourth-order valence-electron chi connectivity index (χ4n) is 3.21. The van der Waals surface area contributed by atoms with Crippen LogP contribution < -0.4 is 20.9 Å². The van der Waals surface area contributed by atoms with Gasteiger partial charge in [-0.15, -0.1) is 0 Å². The number of benzene rings is 2. The van der Waals surface area contributed by atoms with E-state index < -0.39 is 17.9 Å². The molecule has 0 heterocycles. The topological polar surface area (TPSA) is 96.5 Å². The predicted molar refractivity (Wildman–Crippen MR) is 124 cm³/mol. The van der Waals surface area contributed by atoms with E-state index in [4.69, 9.17) is 4.74 Å². The van der Waals surface area contributed by atoms with Gasteiger partial charge in [-0.25, -0.2) is 0 Å². The van der Waals surface area contributed by atoms with Crippen molar-refractivity contribution in [3.63, 3.8) is 0 Å². The van der Waals surface area contributed by atoms with E-state index in [2.05, 4.69) is 30.0 Å². The Bertz CT molecular complexity index is 969. The van der Waals surface area contributed by atoms with Crippen molar-refractivity contribution in [2.45, 2.75) is 53.5 Å². The Morgan fingerprint density at radius 1 is 0.938 bits per heavy atom. The van der Waals surface area contributed by atoms with Crippen LogP contribution in [0.1, 0.15) is 60.7 Å². The van der Waals surface area contributed by atoms with Gasteiger partial charge in [-0.1, -0.05) is 58.0 Å². The SMILES string of the molecule is Cc1ccc(C(C)C)c(OCC(=O)NNC(=O)[C@@H](NC(=O)c2ccccc2C)C(C)C)c1. The third-order valence-electron chi connectivity index (χ3n) is 5.10. The van der Waals surface area contributed by atoms with Crippen molar-refractivity contribution < 1.29 is 19.1 Å². The van der Waals surface area contributed by atoms with Crippen molar-refractivity contribution in [3.05, 3.63) is 64.7 Å². The summed E-state index contributed by atoms with van der Waals surface area (Å²) in [4.78, 5) is 37.4. The summed E-state index contributed by atoms with van der Waals surface area (Å²) in [6.07, 6.45) is 0. The Kier molecular flexibility index (Phi) is 8.81. The maximum atomic E-state index is 12.6. The van der Waals surface area contributed by atoms with Gasteiger partial charge in [-0.2, -0.15) is 0 Å². The molecular weight excluding hydrogens is 406 g/mol. The minimum atomic E-state index is -0.812. The third-order valence-corrected chi connectivity index (χ3v) is 5.10. The number of carbonyl (C=O) groups is 3. The number of hydrogen-bond acceptors (Lipinski definition) is 4. The summed E-state index contributed by atoms with van der Waals surface area (Å²) in [6.45, 7) is 11.3. The smallest absolute Gasteiger partial charge is 0.276 e. The highest BCUT2D eigenvalue weighted by Crippen LogP contribution is 2.27. The van der Waals surface area contributed by atoms with E-state index in [1.165, 1.54) is 0 Å². The van der Waals surface area contributed by atoms with Gasteiger partial charge in [-0.3, -0.25) is 25.2 Å². The number of hydrogen-bond donors (Lipinski definition) is 3. The molecule has 0 aromatic heterocycles. The normalized spacial score (nSPS) is 11.8. The molecule has 0 aliphatic heterocycles. The van der Waals surface area contributed by atoms with Crippen molar-refractivity contribution >= 4 is 17.7 Å². The first-order valence-electron chi connectivity index (χ1n) is 10.8. The summed E-state index contributed by atoms with van der Waals surface area (Å²) < 4.78 is 5.68. The molecule has 1 atom stereocenters. The van der Waals surface area contributed by atoms with Crippen molar-refractivity contribution in [1.29, 1.82) is 0 Å². The summed E-state index contributed by atoms with van der Waals surface area (Å²) in [5, 5.41) is 2.75. The van der Waals surface area contributed by atoms with E-state index in [0.717, 1.165) is 16.7 Å². The third kappa shape index (κ3) is 6.83. The lowest BCUT2D eigenvalue weighted by molar-refractivity contribution is -0.131. The molecule has 2 aromatic rings. The Balaban J connectivity index is 1.93. The van der Waals surface area contributed by atoms with E-state index in [0.29, 0.717) is 11.3 Å². The summed E-state index contributed by atoms with van der Waals surface area (Å²) >= 11 is 0. The number of rotatable bonds is 8. The second kappa shape index (κ2) is 11.3. The molecule has 3 amide bonds. The molecule has 7 heteroatoms. The van der Waals surface area contributed by atoms with E-state index >= 15 is 0 Å². The lowest BCUT2D eigenvalue weighted by Gasteiger charge is -2.22. The maximum Gasteiger partial charge on any atom is 0.276 e. The highest BCUT2D eigenvalue weighted by Gasteiger charge is 2.25. The Labute approximate surface area is 189 Å². The summed E-state index contributed by atoms with van der Waals surface area (Å²) in [5.74, 6) is -0.635. The minimum absolute atomic E-state index is 0.183. The van der Waals surface area contributed by atoms with Crippen molar-refractivity contribution in [2.75, 3.05) is 6.61 Å². The van der Waals surface area contributed by atoms with Crippen LogP contribution in [0.4, 0.5) is 0 Å². The Morgan fingerprint density at radius 3 is 2.25 bits per heavy atom. The molecule has 3 N–H and O–H groups in total. The predicted octanol–water partition coefficient (Wildman–Crippen LogP) is 3.41. The van der Waals surface area contributed by atoms with Gasteiger partial charge in [0, 0.05) is 5.56 Å². The van der Waals surface area contributed by atoms with Gasteiger partial charge in [0.25, 0.3) is 17.7 Å². The number of carbonyl (C=O) groups excluding carboxylic acids is 3. The van der Waals surface area contributed by atoms with Gasteiger partial charge >= 0.3 is 0 Å². The van der Waals surface area contributed by atoms with Gasteiger partial charge in [0.1, 0.15) is 11.8 Å². The lowest BCUT2D eigenvalue weighted by Crippen LogP contribution is -2.55. The number of aryl methyl sites for hydroxylation is 2. The summed E-state index contributed by atoms with van der Waals surface area (Å²) in [6, 6.07) is 12.2. The van der Waals surface area contributed by atoms with Crippen LogP contribution in [-0.2, 0) is 9.59 Å². The molecule has 0 saturated heterocycles. The zero-order valence-corrected chi connectivity index (χ0v) is 19.6. The van der Waals surface area contributed by atoms with Crippen LogP contribution in [0.5, 0.6) is 5.75 Å². The van der Waals surface area contributed by atoms with Crippen LogP contribution >= 0.6 is 0 Å². The summed E-state index contributed by atoms with van der Waals surface area (Å²) in [7, 11) is 0. The Hall–Kier alpha value is -3.35. The molecule has 0 unspecified atom stereocenters. The standard InChI is InChI=1S/C25H33N3O4/c1-15(2)19-12-11-17(5)13-21(19)32-14-22(29)27-28-25(31)23(16(3)4)26-24(30)20-10-8-7-9-18(20)6/h7-13,15-16,23H,14H2,1-6H3,(H,26,30)(H,27,29)(H,28,31)/t23-/m0/s1. The van der Waals surface area contributed by atoms with Gasteiger partial charge in [0.15, 0.2) is 6.61 Å². The highest BCUT2D eigenvalue weighted by atomic mass is 16.5. The van der Waals surface area contributed by atoms with E-state index in [1.807, 2.05) is 58.0 Å². The van der Waals surface area contributed by atoms with Crippen LogP contribution in [0.25, 0.3) is 0 Å². The molecule has 0 aliphatic rings. The first-order chi connectivity index (χ1) is 15.1. The average Bonchev–Trinajstić information content (AvgIpc) is 2.74. The van der Waals surface area contributed by atoms with Crippen LogP contribution in [0.15, 0.2) is 42.5 Å². The monoisotopic (exact) mass is 439 g/mol. The molecule has 0 radical (unpaired) electrons. The zero-order chi connectivity index (χ0) is 23.8. The summed E-state index contributed by atoms with van der Waals surface area (Å²) in [5.41, 5.74) is 8.10. The second-order valence-corrected chi connectivity index (χ2v) is 8.53. The van der Waals surface area contributed by atoms with Crippen molar-refractivity contribution in [3.8, 4) is 5.75 Å². The Morgan fingerprint density at radius 2 is 1.62 bits per heavy atom. The van der Waals surface area contributed by atoms with Crippen molar-refractivity contribution in [1.82, 2.24) is 16.2 Å². The fourth-order valence-corrected chi connectivity index (χ4v) is 3.21. The van der Waals surface area contributed by atoms with E-state index in [-0.39, 0.29) is 24.3 Å². The van der Waals surface area contributed by atoms with E-state index in [1.54, 1.807) is 12.1 Å². The first-order valence-corrected chi connectivity index (χ1v) is 10.8. The molecule has 0 aliphatic carbocycles. The zero-order valence-electron chi connectivity index (χ0n) is 19.6. The molecule has 2 aromatic carbocycles. The van der Waals surface area contributed by atoms with Crippen LogP contribution in [0.3, 0.4) is 0 Å². The maximum absolute atomic E-state index is 12.6. The lowest BCUT2D eigenvalue weighted by atomic mass is 10.0. The van der Waals surface area contributed by atoms with Crippen molar-refractivity contribution in [2.24, 2.45) is 5.92 Å². The molecule has 172 valence electrons. The quantitative estimate of drug-likeness (QED) is 0.549. The molecule has 0 saturated carbocycles. The number of ether oxygens (including phenoxy) is 1. The number of amides is 3. The average molecular weight is 440 g/mol. The molecule has 32 heavy (non-hydrogen) atoms. The van der Waals surface area contributed by atoms with E-state index in [9.17, 15) is 14.4 Å². The number of hydrazine groups is 1. The van der Waals surface area contributed by atoms with Gasteiger partial charge < -0.3 is 10.1 Å². The highest BCUT2D eigenvalue weighted by molar-refractivity contribution is 5.98. The fraction of sp³-hybridized carbons (Fsp3) is 0.400. The largest absolute Gasteiger partial charge is 0.483 e.